The number of amides is 1. The molecule has 2 heterocycles. The van der Waals surface area contributed by atoms with Crippen LogP contribution >= 0.6 is 11.3 Å². The normalized spacial score (nSPS) is 16.9. The molecule has 0 radical (unpaired) electrons. The molecule has 1 aromatic heterocycles. The maximum Gasteiger partial charge on any atom is 0.223 e. The van der Waals surface area contributed by atoms with Crippen LogP contribution in [0, 0.1) is 12.8 Å². The van der Waals surface area contributed by atoms with Crippen LogP contribution in [-0.4, -0.2) is 53.4 Å². The summed E-state index contributed by atoms with van der Waals surface area (Å²) in [5.41, 5.74) is 1.05. The van der Waals surface area contributed by atoms with Crippen LogP contribution in [0.4, 0.5) is 0 Å². The van der Waals surface area contributed by atoms with E-state index in [0.29, 0.717) is 12.3 Å². The maximum absolute atomic E-state index is 12.2. The number of carbonyl (C=O) groups excluding carboxylic acids is 1. The van der Waals surface area contributed by atoms with Gasteiger partial charge in [0.1, 0.15) is 0 Å². The van der Waals surface area contributed by atoms with Gasteiger partial charge >= 0.3 is 0 Å². The van der Waals surface area contributed by atoms with Crippen molar-refractivity contribution in [3.8, 4) is 0 Å². The van der Waals surface area contributed by atoms with Crippen molar-refractivity contribution >= 4 is 17.2 Å². The molecule has 2 rings (SSSR count). The first-order chi connectivity index (χ1) is 9.54. The fourth-order valence-corrected chi connectivity index (χ4v) is 3.26. The Bertz CT molecular complexity index is 436. The van der Waals surface area contributed by atoms with Gasteiger partial charge in [-0.05, 0) is 19.3 Å². The van der Waals surface area contributed by atoms with E-state index >= 15 is 0 Å². The van der Waals surface area contributed by atoms with Crippen molar-refractivity contribution in [3.05, 3.63) is 16.1 Å². The largest absolute Gasteiger partial charge is 0.340 e. The highest BCUT2D eigenvalue weighted by Gasteiger charge is 2.21. The van der Waals surface area contributed by atoms with Crippen molar-refractivity contribution in [2.24, 2.45) is 5.92 Å². The molecule has 1 fully saturated rings. The van der Waals surface area contributed by atoms with E-state index in [1.54, 1.807) is 11.3 Å². The van der Waals surface area contributed by atoms with Gasteiger partial charge in [-0.3, -0.25) is 9.69 Å². The SMILES string of the molecule is Cc1nc(CCC(=O)N2CCN(CC(C)C)CC2)cs1. The quantitative estimate of drug-likeness (QED) is 0.835. The average molecular weight is 295 g/mol. The van der Waals surface area contributed by atoms with Gasteiger partial charge in [0.2, 0.25) is 5.91 Å². The van der Waals surface area contributed by atoms with E-state index in [4.69, 9.17) is 0 Å². The Morgan fingerprint density at radius 1 is 1.35 bits per heavy atom. The molecule has 0 spiro atoms. The summed E-state index contributed by atoms with van der Waals surface area (Å²) in [6.07, 6.45) is 1.36. The van der Waals surface area contributed by atoms with Gasteiger partial charge in [-0.2, -0.15) is 0 Å². The van der Waals surface area contributed by atoms with Crippen LogP contribution in [0.1, 0.15) is 31.0 Å². The van der Waals surface area contributed by atoms with Crippen molar-refractivity contribution in [2.45, 2.75) is 33.6 Å². The summed E-state index contributed by atoms with van der Waals surface area (Å²) in [6.45, 7) is 11.4. The minimum Gasteiger partial charge on any atom is -0.340 e. The number of hydrogen-bond donors (Lipinski definition) is 0. The number of hydrogen-bond acceptors (Lipinski definition) is 4. The average Bonchev–Trinajstić information content (AvgIpc) is 2.82. The summed E-state index contributed by atoms with van der Waals surface area (Å²) in [5, 5.41) is 3.14. The second-order valence-corrected chi connectivity index (χ2v) is 7.00. The second-order valence-electron chi connectivity index (χ2n) is 5.93. The molecular formula is C15H25N3OS. The summed E-state index contributed by atoms with van der Waals surface area (Å²) in [5.74, 6) is 0.977. The highest BCUT2D eigenvalue weighted by Crippen LogP contribution is 2.12. The third-order valence-electron chi connectivity index (χ3n) is 3.61. The predicted octanol–water partition coefficient (Wildman–Crippen LogP) is 2.18. The molecule has 0 aliphatic carbocycles. The lowest BCUT2D eigenvalue weighted by atomic mass is 10.1. The van der Waals surface area contributed by atoms with Crippen LogP contribution in [0.5, 0.6) is 0 Å². The number of nitrogens with zero attached hydrogens (tertiary/aromatic N) is 3. The standard InChI is InChI=1S/C15H25N3OS/c1-12(2)10-17-6-8-18(9-7-17)15(19)5-4-14-11-20-13(3)16-14/h11-12H,4-10H2,1-3H3. The molecular weight excluding hydrogens is 270 g/mol. The van der Waals surface area contributed by atoms with Crippen molar-refractivity contribution in [1.29, 1.82) is 0 Å². The van der Waals surface area contributed by atoms with E-state index in [1.165, 1.54) is 0 Å². The van der Waals surface area contributed by atoms with Gasteiger partial charge in [-0.15, -0.1) is 11.3 Å². The molecule has 4 nitrogen and oxygen atoms in total. The molecule has 1 aromatic rings. The smallest absolute Gasteiger partial charge is 0.223 e. The zero-order valence-electron chi connectivity index (χ0n) is 12.8. The number of rotatable bonds is 5. The van der Waals surface area contributed by atoms with Gasteiger partial charge in [0.05, 0.1) is 10.7 Å². The summed E-state index contributed by atoms with van der Waals surface area (Å²) in [4.78, 5) is 21.1. The minimum absolute atomic E-state index is 0.278. The zero-order valence-corrected chi connectivity index (χ0v) is 13.6. The molecule has 0 atom stereocenters. The number of piperazine rings is 1. The third-order valence-corrected chi connectivity index (χ3v) is 4.43. The van der Waals surface area contributed by atoms with Crippen LogP contribution in [0.3, 0.4) is 0 Å². The Morgan fingerprint density at radius 2 is 2.05 bits per heavy atom. The van der Waals surface area contributed by atoms with E-state index in [-0.39, 0.29) is 5.91 Å². The van der Waals surface area contributed by atoms with Gasteiger partial charge < -0.3 is 4.90 Å². The summed E-state index contributed by atoms with van der Waals surface area (Å²) >= 11 is 1.65. The van der Waals surface area contributed by atoms with E-state index in [0.717, 1.165) is 49.8 Å². The number of thiazole rings is 1. The van der Waals surface area contributed by atoms with Crippen LogP contribution in [-0.2, 0) is 11.2 Å². The monoisotopic (exact) mass is 295 g/mol. The van der Waals surface area contributed by atoms with Gasteiger partial charge in [-0.1, -0.05) is 13.8 Å². The molecule has 1 aliphatic heterocycles. The van der Waals surface area contributed by atoms with Crippen molar-refractivity contribution in [3.63, 3.8) is 0 Å². The molecule has 1 saturated heterocycles. The summed E-state index contributed by atoms with van der Waals surface area (Å²) < 4.78 is 0. The van der Waals surface area contributed by atoms with E-state index in [2.05, 4.69) is 29.1 Å². The lowest BCUT2D eigenvalue weighted by molar-refractivity contribution is -0.132. The number of aryl methyl sites for hydroxylation is 2. The van der Waals surface area contributed by atoms with Crippen LogP contribution in [0.15, 0.2) is 5.38 Å². The minimum atomic E-state index is 0.278. The first kappa shape index (κ1) is 15.4. The Morgan fingerprint density at radius 3 is 2.60 bits per heavy atom. The number of carbonyl (C=O) groups is 1. The predicted molar refractivity (Wildman–Crippen MR) is 83.0 cm³/mol. The molecule has 5 heteroatoms. The fraction of sp³-hybridized carbons (Fsp3) is 0.733. The zero-order chi connectivity index (χ0) is 14.5. The van der Waals surface area contributed by atoms with Gasteiger partial charge in [0.15, 0.2) is 0 Å². The molecule has 0 aromatic carbocycles. The molecule has 0 saturated carbocycles. The molecule has 20 heavy (non-hydrogen) atoms. The first-order valence-corrected chi connectivity index (χ1v) is 8.33. The first-order valence-electron chi connectivity index (χ1n) is 7.45. The topological polar surface area (TPSA) is 36.4 Å². The van der Waals surface area contributed by atoms with Crippen molar-refractivity contribution in [1.82, 2.24) is 14.8 Å². The van der Waals surface area contributed by atoms with E-state index in [1.807, 2.05) is 11.8 Å². The maximum atomic E-state index is 12.2. The van der Waals surface area contributed by atoms with Crippen LogP contribution in [0.25, 0.3) is 0 Å². The third kappa shape index (κ3) is 4.56. The van der Waals surface area contributed by atoms with Crippen LogP contribution < -0.4 is 0 Å². The molecule has 0 bridgehead atoms. The Labute approximate surface area is 125 Å². The second kappa shape index (κ2) is 7.18. The highest BCUT2D eigenvalue weighted by molar-refractivity contribution is 7.09. The van der Waals surface area contributed by atoms with Crippen LogP contribution in [0.2, 0.25) is 0 Å². The van der Waals surface area contributed by atoms with Crippen molar-refractivity contribution in [2.75, 3.05) is 32.7 Å². The molecule has 1 aliphatic rings. The van der Waals surface area contributed by atoms with Gasteiger partial charge in [0, 0.05) is 44.5 Å². The van der Waals surface area contributed by atoms with Crippen molar-refractivity contribution < 1.29 is 4.79 Å². The lowest BCUT2D eigenvalue weighted by Gasteiger charge is -2.35. The van der Waals surface area contributed by atoms with Gasteiger partial charge in [0.25, 0.3) is 0 Å². The molecule has 0 unspecified atom stereocenters. The lowest BCUT2D eigenvalue weighted by Crippen LogP contribution is -2.49. The molecule has 112 valence electrons. The highest BCUT2D eigenvalue weighted by atomic mass is 32.1. The van der Waals surface area contributed by atoms with E-state index < -0.39 is 0 Å². The Hall–Kier alpha value is -0.940. The fourth-order valence-electron chi connectivity index (χ4n) is 2.61. The Balaban J connectivity index is 1.72. The van der Waals surface area contributed by atoms with Gasteiger partial charge in [-0.25, -0.2) is 4.98 Å². The molecule has 1 amide bonds. The summed E-state index contributed by atoms with van der Waals surface area (Å²) in [6, 6.07) is 0. The van der Waals surface area contributed by atoms with E-state index in [9.17, 15) is 4.79 Å². The summed E-state index contributed by atoms with van der Waals surface area (Å²) in [7, 11) is 0. The number of aromatic nitrogens is 1. The Kier molecular flexibility index (Phi) is 5.54. The molecule has 0 N–H and O–H groups in total.